The van der Waals surface area contributed by atoms with Gasteiger partial charge in [-0.2, -0.15) is 0 Å². The van der Waals surface area contributed by atoms with Crippen molar-refractivity contribution in [2.75, 3.05) is 26.7 Å². The van der Waals surface area contributed by atoms with Crippen molar-refractivity contribution < 1.29 is 14.3 Å². The average Bonchev–Trinajstić information content (AvgIpc) is 2.25. The molecular formula is C13H25NO3. The van der Waals surface area contributed by atoms with Crippen LogP contribution in [0.15, 0.2) is 0 Å². The molecule has 0 saturated carbocycles. The number of ether oxygens (including phenoxy) is 2. The van der Waals surface area contributed by atoms with Gasteiger partial charge in [0.2, 0.25) is 0 Å². The molecule has 1 aliphatic rings. The number of hydrogen-bond acceptors (Lipinski definition) is 4. The average molecular weight is 243 g/mol. The van der Waals surface area contributed by atoms with Crippen LogP contribution in [0.2, 0.25) is 0 Å². The maximum Gasteiger partial charge on any atom is 0.307 e. The summed E-state index contributed by atoms with van der Waals surface area (Å²) in [6.45, 7) is 8.52. The number of carbonyl (C=O) groups excluding carboxylic acids is 1. The molecule has 1 heterocycles. The van der Waals surface area contributed by atoms with E-state index in [1.807, 2.05) is 20.8 Å². The summed E-state index contributed by atoms with van der Waals surface area (Å²) in [5, 5.41) is 0. The maximum absolute atomic E-state index is 11.5. The quantitative estimate of drug-likeness (QED) is 0.706. The highest BCUT2D eigenvalue weighted by Gasteiger charge is 2.20. The fourth-order valence-electron chi connectivity index (χ4n) is 2.01. The summed E-state index contributed by atoms with van der Waals surface area (Å²) in [6.07, 6.45) is 3.00. The molecule has 0 amide bonds. The molecular weight excluding hydrogens is 218 g/mol. The fraction of sp³-hybridized carbons (Fsp3) is 0.923. The van der Waals surface area contributed by atoms with Crippen molar-refractivity contribution in [3.8, 4) is 0 Å². The van der Waals surface area contributed by atoms with E-state index in [4.69, 9.17) is 9.47 Å². The summed E-state index contributed by atoms with van der Waals surface area (Å²) in [5.41, 5.74) is -0.375. The van der Waals surface area contributed by atoms with Gasteiger partial charge in [0.05, 0.1) is 12.5 Å². The van der Waals surface area contributed by atoms with Gasteiger partial charge in [-0.3, -0.25) is 4.79 Å². The minimum absolute atomic E-state index is 0.105. The number of carbonyl (C=O) groups is 1. The number of nitrogens with zero attached hydrogens (tertiary/aromatic N) is 1. The summed E-state index contributed by atoms with van der Waals surface area (Å²) < 4.78 is 10.6. The van der Waals surface area contributed by atoms with E-state index in [1.165, 1.54) is 0 Å². The van der Waals surface area contributed by atoms with Crippen LogP contribution in [0.3, 0.4) is 0 Å². The van der Waals surface area contributed by atoms with Gasteiger partial charge in [-0.25, -0.2) is 0 Å². The summed E-state index contributed by atoms with van der Waals surface area (Å²) in [6, 6.07) is 0. The maximum atomic E-state index is 11.5. The monoisotopic (exact) mass is 243 g/mol. The van der Waals surface area contributed by atoms with Crippen molar-refractivity contribution in [2.45, 2.75) is 51.7 Å². The number of esters is 1. The Balaban J connectivity index is 2.17. The van der Waals surface area contributed by atoms with Crippen LogP contribution in [-0.2, 0) is 14.3 Å². The zero-order valence-electron chi connectivity index (χ0n) is 11.5. The Bertz CT molecular complexity index is 240. The molecule has 0 aromatic rings. The predicted molar refractivity (Wildman–Crippen MR) is 66.9 cm³/mol. The second-order valence-corrected chi connectivity index (χ2v) is 5.61. The first-order valence-electron chi connectivity index (χ1n) is 6.38. The van der Waals surface area contributed by atoms with Gasteiger partial charge in [0, 0.05) is 26.7 Å². The first-order chi connectivity index (χ1) is 7.90. The third kappa shape index (κ3) is 6.03. The molecule has 0 radical (unpaired) electrons. The Labute approximate surface area is 104 Å². The van der Waals surface area contributed by atoms with Crippen molar-refractivity contribution in [3.63, 3.8) is 0 Å². The lowest BCUT2D eigenvalue weighted by molar-refractivity contribution is -0.155. The third-order valence-corrected chi connectivity index (χ3v) is 2.92. The number of piperidine rings is 1. The highest BCUT2D eigenvalue weighted by atomic mass is 16.6. The second kappa shape index (κ2) is 6.36. The molecule has 100 valence electrons. The first-order valence-corrected chi connectivity index (χ1v) is 6.38. The third-order valence-electron chi connectivity index (χ3n) is 2.92. The molecule has 1 rings (SSSR count). The molecule has 0 N–H and O–H groups in total. The van der Waals surface area contributed by atoms with Crippen LogP contribution in [0, 0.1) is 0 Å². The van der Waals surface area contributed by atoms with E-state index in [2.05, 4.69) is 4.90 Å². The van der Waals surface area contributed by atoms with E-state index in [0.29, 0.717) is 12.5 Å². The molecule has 1 fully saturated rings. The molecule has 0 aromatic carbocycles. The minimum atomic E-state index is -0.375. The van der Waals surface area contributed by atoms with Crippen molar-refractivity contribution in [1.82, 2.24) is 4.90 Å². The van der Waals surface area contributed by atoms with Gasteiger partial charge in [-0.05, 0) is 33.6 Å². The summed E-state index contributed by atoms with van der Waals surface area (Å²) >= 11 is 0. The largest absolute Gasteiger partial charge is 0.460 e. The lowest BCUT2D eigenvalue weighted by atomic mass is 10.1. The van der Waals surface area contributed by atoms with E-state index in [-0.39, 0.29) is 11.6 Å². The number of methoxy groups -OCH3 is 1. The standard InChI is InChI=1S/C13H25NO3/c1-13(2,3)17-12(15)7-10-14-8-5-11(16-4)6-9-14/h11H,5-10H2,1-4H3. The van der Waals surface area contributed by atoms with Crippen molar-refractivity contribution in [1.29, 1.82) is 0 Å². The lowest BCUT2D eigenvalue weighted by Gasteiger charge is -2.31. The highest BCUT2D eigenvalue weighted by Crippen LogP contribution is 2.14. The lowest BCUT2D eigenvalue weighted by Crippen LogP contribution is -2.38. The van der Waals surface area contributed by atoms with Gasteiger partial charge >= 0.3 is 5.97 Å². The van der Waals surface area contributed by atoms with Crippen LogP contribution in [-0.4, -0.2) is 49.3 Å². The van der Waals surface area contributed by atoms with Crippen LogP contribution in [0.25, 0.3) is 0 Å². The SMILES string of the molecule is COC1CCN(CCC(=O)OC(C)(C)C)CC1. The van der Waals surface area contributed by atoms with Crippen LogP contribution in [0.5, 0.6) is 0 Å². The van der Waals surface area contributed by atoms with Gasteiger partial charge < -0.3 is 14.4 Å². The minimum Gasteiger partial charge on any atom is -0.460 e. The van der Waals surface area contributed by atoms with Gasteiger partial charge in [0.25, 0.3) is 0 Å². The number of likely N-dealkylation sites (tertiary alicyclic amines) is 1. The van der Waals surface area contributed by atoms with Crippen molar-refractivity contribution in [2.24, 2.45) is 0 Å². The molecule has 0 spiro atoms. The molecule has 0 atom stereocenters. The Morgan fingerprint density at radius 1 is 1.29 bits per heavy atom. The van der Waals surface area contributed by atoms with Gasteiger partial charge in [0.15, 0.2) is 0 Å². The van der Waals surface area contributed by atoms with E-state index < -0.39 is 0 Å². The Morgan fingerprint density at radius 2 is 1.88 bits per heavy atom. The second-order valence-electron chi connectivity index (χ2n) is 5.61. The zero-order chi connectivity index (χ0) is 12.9. The van der Waals surface area contributed by atoms with Gasteiger partial charge in [-0.15, -0.1) is 0 Å². The summed E-state index contributed by atoms with van der Waals surface area (Å²) in [5.74, 6) is -0.105. The van der Waals surface area contributed by atoms with E-state index in [9.17, 15) is 4.79 Å². The van der Waals surface area contributed by atoms with Crippen LogP contribution < -0.4 is 0 Å². The molecule has 4 nitrogen and oxygen atoms in total. The Morgan fingerprint density at radius 3 is 2.35 bits per heavy atom. The van der Waals surface area contributed by atoms with Crippen molar-refractivity contribution in [3.05, 3.63) is 0 Å². The molecule has 4 heteroatoms. The summed E-state index contributed by atoms with van der Waals surface area (Å²) in [7, 11) is 1.76. The molecule has 17 heavy (non-hydrogen) atoms. The topological polar surface area (TPSA) is 38.8 Å². The van der Waals surface area contributed by atoms with Gasteiger partial charge in [0.1, 0.15) is 5.60 Å². The first kappa shape index (κ1) is 14.5. The fourth-order valence-corrected chi connectivity index (χ4v) is 2.01. The van der Waals surface area contributed by atoms with Gasteiger partial charge in [-0.1, -0.05) is 0 Å². The van der Waals surface area contributed by atoms with E-state index in [1.54, 1.807) is 7.11 Å². The summed E-state index contributed by atoms with van der Waals surface area (Å²) in [4.78, 5) is 13.9. The normalized spacial score (nSPS) is 19.3. The van der Waals surface area contributed by atoms with Crippen LogP contribution in [0.4, 0.5) is 0 Å². The Kier molecular flexibility index (Phi) is 5.40. The molecule has 1 aliphatic heterocycles. The molecule has 0 unspecified atom stereocenters. The molecule has 1 saturated heterocycles. The highest BCUT2D eigenvalue weighted by molar-refractivity contribution is 5.70. The molecule has 0 bridgehead atoms. The number of rotatable bonds is 4. The number of hydrogen-bond donors (Lipinski definition) is 0. The van der Waals surface area contributed by atoms with Crippen LogP contribution >= 0.6 is 0 Å². The smallest absolute Gasteiger partial charge is 0.307 e. The molecule has 0 aromatic heterocycles. The Hall–Kier alpha value is -0.610. The van der Waals surface area contributed by atoms with Crippen molar-refractivity contribution >= 4 is 5.97 Å². The predicted octanol–water partition coefficient (Wildman–Crippen LogP) is 1.83. The van der Waals surface area contributed by atoms with Crippen LogP contribution in [0.1, 0.15) is 40.0 Å². The molecule has 0 aliphatic carbocycles. The van der Waals surface area contributed by atoms with E-state index >= 15 is 0 Å². The van der Waals surface area contributed by atoms with E-state index in [0.717, 1.165) is 32.5 Å². The zero-order valence-corrected chi connectivity index (χ0v) is 11.5.